The number of amides is 1. The molecule has 1 aliphatic rings. The van der Waals surface area contributed by atoms with E-state index in [9.17, 15) is 9.59 Å². The van der Waals surface area contributed by atoms with Gasteiger partial charge in [0.2, 0.25) is 0 Å². The first-order valence-electron chi connectivity index (χ1n) is 7.88. The van der Waals surface area contributed by atoms with Crippen LogP contribution in [-0.2, 0) is 15.9 Å². The third kappa shape index (κ3) is 4.43. The largest absolute Gasteiger partial charge is 0.461 e. The number of carbonyl (C=O) groups is 2. The number of nitrogens with one attached hydrogen (secondary N) is 1. The summed E-state index contributed by atoms with van der Waals surface area (Å²) in [5, 5.41) is 10.4. The second-order valence-corrected chi connectivity index (χ2v) is 6.51. The van der Waals surface area contributed by atoms with Crippen molar-refractivity contribution >= 4 is 12.1 Å². The summed E-state index contributed by atoms with van der Waals surface area (Å²) in [4.78, 5) is 25.8. The van der Waals surface area contributed by atoms with Crippen LogP contribution in [0, 0.1) is 0 Å². The van der Waals surface area contributed by atoms with Crippen LogP contribution in [-0.4, -0.2) is 57.2 Å². The minimum atomic E-state index is -0.534. The van der Waals surface area contributed by atoms with Crippen molar-refractivity contribution in [1.29, 1.82) is 0 Å². The number of aromatic nitrogens is 3. The van der Waals surface area contributed by atoms with Crippen molar-refractivity contribution in [3.8, 4) is 0 Å². The third-order valence-electron chi connectivity index (χ3n) is 3.52. The van der Waals surface area contributed by atoms with Crippen molar-refractivity contribution < 1.29 is 19.1 Å². The standard InChI is InChI=1S/C15H24N4O4/c1-5-22-13(20)12-11(16-18-17-12)9-10-7-6-8-19(10)14(21)23-15(2,3)4/h10H,5-9H2,1-4H3,(H,16,17,18)/t10-/m0/s1. The summed E-state index contributed by atoms with van der Waals surface area (Å²) in [5.74, 6) is -0.502. The zero-order valence-electron chi connectivity index (χ0n) is 14.1. The normalized spacial score (nSPS) is 18.1. The van der Waals surface area contributed by atoms with Gasteiger partial charge in [0.25, 0.3) is 0 Å². The first-order chi connectivity index (χ1) is 10.8. The minimum absolute atomic E-state index is 0.0527. The van der Waals surface area contributed by atoms with Gasteiger partial charge in [-0.05, 0) is 40.5 Å². The van der Waals surface area contributed by atoms with Crippen molar-refractivity contribution in [3.63, 3.8) is 0 Å². The van der Waals surface area contributed by atoms with E-state index in [-0.39, 0.29) is 24.4 Å². The lowest BCUT2D eigenvalue weighted by Gasteiger charge is -2.28. The van der Waals surface area contributed by atoms with E-state index in [0.29, 0.717) is 18.7 Å². The number of esters is 1. The summed E-state index contributed by atoms with van der Waals surface area (Å²) in [7, 11) is 0. The van der Waals surface area contributed by atoms with Crippen LogP contribution < -0.4 is 0 Å². The Hall–Kier alpha value is -2.12. The lowest BCUT2D eigenvalue weighted by molar-refractivity contribution is 0.0226. The Morgan fingerprint density at radius 2 is 2.09 bits per heavy atom. The van der Waals surface area contributed by atoms with Gasteiger partial charge in [-0.2, -0.15) is 10.3 Å². The molecule has 23 heavy (non-hydrogen) atoms. The second kappa shape index (κ2) is 6.97. The van der Waals surface area contributed by atoms with Gasteiger partial charge in [0.05, 0.1) is 12.3 Å². The van der Waals surface area contributed by atoms with E-state index in [4.69, 9.17) is 9.47 Å². The van der Waals surface area contributed by atoms with Crippen molar-refractivity contribution in [2.24, 2.45) is 0 Å². The topological polar surface area (TPSA) is 97.4 Å². The fourth-order valence-electron chi connectivity index (χ4n) is 2.59. The maximum absolute atomic E-state index is 12.3. The van der Waals surface area contributed by atoms with Crippen LogP contribution in [0.4, 0.5) is 4.79 Å². The highest BCUT2D eigenvalue weighted by atomic mass is 16.6. The Balaban J connectivity index is 2.06. The van der Waals surface area contributed by atoms with E-state index in [1.807, 2.05) is 20.8 Å². The van der Waals surface area contributed by atoms with E-state index in [1.54, 1.807) is 11.8 Å². The van der Waals surface area contributed by atoms with Gasteiger partial charge >= 0.3 is 12.1 Å². The number of nitrogens with zero attached hydrogens (tertiary/aromatic N) is 3. The molecule has 1 N–H and O–H groups in total. The molecule has 8 nitrogen and oxygen atoms in total. The summed E-state index contributed by atoms with van der Waals surface area (Å²) < 4.78 is 10.4. The van der Waals surface area contributed by atoms with Crippen LogP contribution in [0.3, 0.4) is 0 Å². The first kappa shape index (κ1) is 17.2. The molecule has 1 aliphatic heterocycles. The molecular weight excluding hydrogens is 300 g/mol. The highest BCUT2D eigenvalue weighted by molar-refractivity contribution is 5.88. The quantitative estimate of drug-likeness (QED) is 0.850. The zero-order valence-corrected chi connectivity index (χ0v) is 14.1. The molecule has 0 saturated carbocycles. The highest BCUT2D eigenvalue weighted by Gasteiger charge is 2.34. The van der Waals surface area contributed by atoms with E-state index < -0.39 is 11.6 Å². The average molecular weight is 324 g/mol. The van der Waals surface area contributed by atoms with Gasteiger partial charge in [0, 0.05) is 19.0 Å². The molecule has 1 saturated heterocycles. The van der Waals surface area contributed by atoms with Crippen molar-refractivity contribution in [1.82, 2.24) is 20.3 Å². The third-order valence-corrected chi connectivity index (χ3v) is 3.52. The molecule has 2 rings (SSSR count). The molecule has 128 valence electrons. The van der Waals surface area contributed by atoms with Crippen LogP contribution in [0.5, 0.6) is 0 Å². The predicted molar refractivity (Wildman–Crippen MR) is 82.0 cm³/mol. The monoisotopic (exact) mass is 324 g/mol. The summed E-state index contributed by atoms with van der Waals surface area (Å²) >= 11 is 0. The Bertz CT molecular complexity index is 564. The van der Waals surface area contributed by atoms with Gasteiger partial charge in [-0.25, -0.2) is 9.59 Å². The molecular formula is C15H24N4O4. The molecule has 1 aromatic heterocycles. The number of aromatic amines is 1. The molecule has 1 aromatic rings. The lowest BCUT2D eigenvalue weighted by atomic mass is 10.1. The van der Waals surface area contributed by atoms with Crippen LogP contribution in [0.15, 0.2) is 0 Å². The fraction of sp³-hybridized carbons (Fsp3) is 0.733. The maximum atomic E-state index is 12.3. The summed E-state index contributed by atoms with van der Waals surface area (Å²) in [6, 6.07) is -0.0527. The first-order valence-corrected chi connectivity index (χ1v) is 7.88. The highest BCUT2D eigenvalue weighted by Crippen LogP contribution is 2.24. The van der Waals surface area contributed by atoms with Crippen LogP contribution in [0.1, 0.15) is 56.7 Å². The molecule has 0 spiro atoms. The van der Waals surface area contributed by atoms with Gasteiger partial charge in [-0.1, -0.05) is 0 Å². The molecule has 0 aromatic carbocycles. The van der Waals surface area contributed by atoms with Gasteiger partial charge < -0.3 is 14.4 Å². The number of ether oxygens (including phenoxy) is 2. The Morgan fingerprint density at radius 3 is 2.74 bits per heavy atom. The molecule has 1 amide bonds. The number of likely N-dealkylation sites (tertiary alicyclic amines) is 1. The smallest absolute Gasteiger partial charge is 0.410 e. The summed E-state index contributed by atoms with van der Waals surface area (Å²) in [6.45, 7) is 8.18. The number of hydrogen-bond donors (Lipinski definition) is 1. The molecule has 2 heterocycles. The van der Waals surface area contributed by atoms with Gasteiger partial charge in [-0.3, -0.25) is 0 Å². The predicted octanol–water partition coefficient (Wildman–Crippen LogP) is 1.92. The zero-order chi connectivity index (χ0) is 17.0. The molecule has 0 radical (unpaired) electrons. The van der Waals surface area contributed by atoms with Crippen molar-refractivity contribution in [2.75, 3.05) is 13.2 Å². The Labute approximate surface area is 135 Å². The van der Waals surface area contributed by atoms with Gasteiger partial charge in [0.15, 0.2) is 5.69 Å². The van der Waals surface area contributed by atoms with E-state index in [0.717, 1.165) is 12.8 Å². The number of H-pyrrole nitrogens is 1. The summed E-state index contributed by atoms with van der Waals surface area (Å²) in [6.07, 6.45) is 1.86. The van der Waals surface area contributed by atoms with Crippen LogP contribution >= 0.6 is 0 Å². The molecule has 1 atom stereocenters. The molecule has 0 bridgehead atoms. The average Bonchev–Trinajstić information content (AvgIpc) is 3.06. The van der Waals surface area contributed by atoms with E-state index in [1.165, 1.54) is 0 Å². The van der Waals surface area contributed by atoms with Crippen LogP contribution in [0.2, 0.25) is 0 Å². The number of hydrogen-bond acceptors (Lipinski definition) is 6. The number of rotatable bonds is 4. The van der Waals surface area contributed by atoms with Crippen LogP contribution in [0.25, 0.3) is 0 Å². The number of carbonyl (C=O) groups excluding carboxylic acids is 2. The fourth-order valence-corrected chi connectivity index (χ4v) is 2.59. The Morgan fingerprint density at radius 1 is 1.35 bits per heavy atom. The van der Waals surface area contributed by atoms with Crippen molar-refractivity contribution in [3.05, 3.63) is 11.4 Å². The summed E-state index contributed by atoms with van der Waals surface area (Å²) in [5.41, 5.74) is 0.167. The minimum Gasteiger partial charge on any atom is -0.461 e. The van der Waals surface area contributed by atoms with E-state index >= 15 is 0 Å². The maximum Gasteiger partial charge on any atom is 0.410 e. The van der Waals surface area contributed by atoms with Crippen molar-refractivity contribution in [2.45, 2.75) is 58.6 Å². The molecule has 1 fully saturated rings. The molecule has 8 heteroatoms. The van der Waals surface area contributed by atoms with E-state index in [2.05, 4.69) is 15.4 Å². The Kier molecular flexibility index (Phi) is 5.23. The SMILES string of the molecule is CCOC(=O)c1n[nH]nc1C[C@@H]1CCCN1C(=O)OC(C)(C)C. The van der Waals surface area contributed by atoms with Gasteiger partial charge in [0.1, 0.15) is 5.60 Å². The second-order valence-electron chi connectivity index (χ2n) is 6.51. The molecule has 0 aliphatic carbocycles. The lowest BCUT2D eigenvalue weighted by Crippen LogP contribution is -2.40. The van der Waals surface area contributed by atoms with Gasteiger partial charge in [-0.15, -0.1) is 5.10 Å². The molecule has 0 unspecified atom stereocenters.